The van der Waals surface area contributed by atoms with Crippen molar-refractivity contribution in [2.24, 2.45) is 0 Å². The molecule has 0 unspecified atom stereocenters. The van der Waals surface area contributed by atoms with Crippen molar-refractivity contribution < 1.29 is 4.74 Å². The standard InChI is InChI=1S/C13H13NO/c1-10-7-12(9-13(8-10)15-2)11-3-5-14-6-4-11/h3-9H,1-2H3. The van der Waals surface area contributed by atoms with E-state index < -0.39 is 0 Å². The normalized spacial score (nSPS) is 10.0. The number of nitrogens with zero attached hydrogens (tertiary/aromatic N) is 1. The molecule has 2 heteroatoms. The van der Waals surface area contributed by atoms with Crippen LogP contribution in [-0.4, -0.2) is 12.1 Å². The molecule has 1 aromatic heterocycles. The van der Waals surface area contributed by atoms with E-state index in [-0.39, 0.29) is 0 Å². The van der Waals surface area contributed by atoms with E-state index in [0.717, 1.165) is 16.9 Å². The maximum absolute atomic E-state index is 5.24. The van der Waals surface area contributed by atoms with Gasteiger partial charge in [-0.05, 0) is 47.9 Å². The first-order valence-corrected chi connectivity index (χ1v) is 4.85. The van der Waals surface area contributed by atoms with Crippen molar-refractivity contribution in [2.45, 2.75) is 6.92 Å². The van der Waals surface area contributed by atoms with Crippen LogP contribution < -0.4 is 4.74 Å². The molecule has 0 N–H and O–H groups in total. The van der Waals surface area contributed by atoms with E-state index in [2.05, 4.69) is 18.0 Å². The van der Waals surface area contributed by atoms with Gasteiger partial charge in [0, 0.05) is 12.4 Å². The first-order valence-electron chi connectivity index (χ1n) is 4.85. The number of methoxy groups -OCH3 is 1. The van der Waals surface area contributed by atoms with Crippen molar-refractivity contribution >= 4 is 0 Å². The van der Waals surface area contributed by atoms with Gasteiger partial charge < -0.3 is 4.74 Å². The van der Waals surface area contributed by atoms with Gasteiger partial charge in [0.05, 0.1) is 7.11 Å². The summed E-state index contributed by atoms with van der Waals surface area (Å²) in [6.45, 7) is 2.06. The maximum Gasteiger partial charge on any atom is 0.119 e. The van der Waals surface area contributed by atoms with Crippen molar-refractivity contribution in [2.75, 3.05) is 7.11 Å². The summed E-state index contributed by atoms with van der Waals surface area (Å²) in [6.07, 6.45) is 3.59. The Balaban J connectivity index is 2.49. The lowest BCUT2D eigenvalue weighted by molar-refractivity contribution is 0.414. The Morgan fingerprint density at radius 1 is 1.00 bits per heavy atom. The summed E-state index contributed by atoms with van der Waals surface area (Å²) in [5.41, 5.74) is 3.52. The molecule has 1 aromatic carbocycles. The van der Waals surface area contributed by atoms with E-state index in [0.29, 0.717) is 0 Å². The maximum atomic E-state index is 5.24. The predicted octanol–water partition coefficient (Wildman–Crippen LogP) is 3.07. The molecule has 0 aliphatic carbocycles. The molecule has 0 bridgehead atoms. The van der Waals surface area contributed by atoms with Gasteiger partial charge in [0.1, 0.15) is 5.75 Å². The van der Waals surface area contributed by atoms with Gasteiger partial charge in [-0.2, -0.15) is 0 Å². The van der Waals surface area contributed by atoms with Crippen LogP contribution in [0.3, 0.4) is 0 Å². The summed E-state index contributed by atoms with van der Waals surface area (Å²) in [6, 6.07) is 10.2. The number of hydrogen-bond donors (Lipinski definition) is 0. The topological polar surface area (TPSA) is 22.1 Å². The predicted molar refractivity (Wildman–Crippen MR) is 61.0 cm³/mol. The first-order chi connectivity index (χ1) is 7.29. The van der Waals surface area contributed by atoms with Crippen molar-refractivity contribution in [1.29, 1.82) is 0 Å². The number of pyridine rings is 1. The third-order valence-electron chi connectivity index (χ3n) is 2.30. The van der Waals surface area contributed by atoms with Gasteiger partial charge in [-0.15, -0.1) is 0 Å². The Morgan fingerprint density at radius 2 is 1.73 bits per heavy atom. The molecule has 15 heavy (non-hydrogen) atoms. The summed E-state index contributed by atoms with van der Waals surface area (Å²) in [5, 5.41) is 0. The highest BCUT2D eigenvalue weighted by Gasteiger charge is 2.00. The molecule has 0 saturated heterocycles. The molecule has 2 rings (SSSR count). The van der Waals surface area contributed by atoms with Gasteiger partial charge in [-0.3, -0.25) is 4.98 Å². The van der Waals surface area contributed by atoms with E-state index in [9.17, 15) is 0 Å². The molecule has 0 spiro atoms. The van der Waals surface area contributed by atoms with Crippen molar-refractivity contribution in [3.05, 3.63) is 48.3 Å². The summed E-state index contributed by atoms with van der Waals surface area (Å²) in [4.78, 5) is 4.00. The highest BCUT2D eigenvalue weighted by Crippen LogP contribution is 2.25. The number of rotatable bonds is 2. The quantitative estimate of drug-likeness (QED) is 0.741. The zero-order valence-corrected chi connectivity index (χ0v) is 8.90. The van der Waals surface area contributed by atoms with Crippen LogP contribution in [-0.2, 0) is 0 Å². The summed E-state index contributed by atoms with van der Waals surface area (Å²) >= 11 is 0. The molecule has 1 heterocycles. The van der Waals surface area contributed by atoms with E-state index >= 15 is 0 Å². The van der Waals surface area contributed by atoms with Crippen LogP contribution in [0, 0.1) is 6.92 Å². The number of ether oxygens (including phenoxy) is 1. The third-order valence-corrected chi connectivity index (χ3v) is 2.30. The fourth-order valence-electron chi connectivity index (χ4n) is 1.58. The molecular formula is C13H13NO. The lowest BCUT2D eigenvalue weighted by atomic mass is 10.0. The minimum Gasteiger partial charge on any atom is -0.497 e. The highest BCUT2D eigenvalue weighted by molar-refractivity contribution is 5.65. The van der Waals surface area contributed by atoms with Gasteiger partial charge in [0.25, 0.3) is 0 Å². The Kier molecular flexibility index (Phi) is 2.68. The van der Waals surface area contributed by atoms with Crippen LogP contribution >= 0.6 is 0 Å². The second-order valence-corrected chi connectivity index (χ2v) is 3.47. The molecule has 0 radical (unpaired) electrons. The lowest BCUT2D eigenvalue weighted by Gasteiger charge is -2.06. The monoisotopic (exact) mass is 199 g/mol. The molecule has 0 aliphatic heterocycles. The molecule has 0 aliphatic rings. The fourth-order valence-corrected chi connectivity index (χ4v) is 1.58. The number of hydrogen-bond acceptors (Lipinski definition) is 2. The minimum atomic E-state index is 0.891. The summed E-state index contributed by atoms with van der Waals surface area (Å²) < 4.78 is 5.24. The zero-order valence-electron chi connectivity index (χ0n) is 8.90. The van der Waals surface area contributed by atoms with Crippen LogP contribution in [0.5, 0.6) is 5.75 Å². The number of aryl methyl sites for hydroxylation is 1. The Bertz CT molecular complexity index is 451. The van der Waals surface area contributed by atoms with Gasteiger partial charge in [0.15, 0.2) is 0 Å². The van der Waals surface area contributed by atoms with Crippen LogP contribution in [0.15, 0.2) is 42.7 Å². The van der Waals surface area contributed by atoms with Gasteiger partial charge in [-0.1, -0.05) is 6.07 Å². The fraction of sp³-hybridized carbons (Fsp3) is 0.154. The summed E-state index contributed by atoms with van der Waals surface area (Å²) in [5.74, 6) is 0.891. The largest absolute Gasteiger partial charge is 0.497 e. The van der Waals surface area contributed by atoms with Crippen LogP contribution in [0.1, 0.15) is 5.56 Å². The molecule has 76 valence electrons. The van der Waals surface area contributed by atoms with Crippen LogP contribution in [0.2, 0.25) is 0 Å². The van der Waals surface area contributed by atoms with Crippen molar-refractivity contribution in [3.63, 3.8) is 0 Å². The molecule has 2 aromatic rings. The van der Waals surface area contributed by atoms with Crippen LogP contribution in [0.25, 0.3) is 11.1 Å². The molecule has 0 fully saturated rings. The molecule has 0 saturated carbocycles. The van der Waals surface area contributed by atoms with E-state index in [1.165, 1.54) is 5.56 Å². The second kappa shape index (κ2) is 4.13. The Morgan fingerprint density at radius 3 is 2.40 bits per heavy atom. The minimum absolute atomic E-state index is 0.891. The Labute approximate surface area is 89.6 Å². The molecular weight excluding hydrogens is 186 g/mol. The van der Waals surface area contributed by atoms with E-state index in [4.69, 9.17) is 4.74 Å². The van der Waals surface area contributed by atoms with Crippen molar-refractivity contribution in [3.8, 4) is 16.9 Å². The Hall–Kier alpha value is -1.83. The molecule has 0 atom stereocenters. The highest BCUT2D eigenvalue weighted by atomic mass is 16.5. The van der Waals surface area contributed by atoms with Crippen LogP contribution in [0.4, 0.5) is 0 Å². The van der Waals surface area contributed by atoms with Gasteiger partial charge in [-0.25, -0.2) is 0 Å². The number of benzene rings is 1. The molecule has 2 nitrogen and oxygen atoms in total. The van der Waals surface area contributed by atoms with Gasteiger partial charge >= 0.3 is 0 Å². The smallest absolute Gasteiger partial charge is 0.119 e. The van der Waals surface area contributed by atoms with Crippen molar-refractivity contribution in [1.82, 2.24) is 4.98 Å². The van der Waals surface area contributed by atoms with E-state index in [1.54, 1.807) is 19.5 Å². The first kappa shape index (κ1) is 9.71. The third kappa shape index (κ3) is 2.15. The van der Waals surface area contributed by atoms with E-state index in [1.807, 2.05) is 24.3 Å². The molecule has 0 amide bonds. The zero-order chi connectivity index (χ0) is 10.7. The second-order valence-electron chi connectivity index (χ2n) is 3.47. The SMILES string of the molecule is COc1cc(C)cc(-c2ccncc2)c1. The number of aromatic nitrogens is 1. The lowest BCUT2D eigenvalue weighted by Crippen LogP contribution is -1.86. The average Bonchev–Trinajstić information content (AvgIpc) is 2.29. The summed E-state index contributed by atoms with van der Waals surface area (Å²) in [7, 11) is 1.69. The average molecular weight is 199 g/mol. The van der Waals surface area contributed by atoms with Gasteiger partial charge in [0.2, 0.25) is 0 Å².